The van der Waals surface area contributed by atoms with E-state index in [0.717, 1.165) is 72.3 Å². The van der Waals surface area contributed by atoms with Crippen LogP contribution in [0.5, 0.6) is 0 Å². The quantitative estimate of drug-likeness (QED) is 0.856. The molecule has 0 radical (unpaired) electrons. The molecule has 25 heavy (non-hydrogen) atoms. The van der Waals surface area contributed by atoms with Gasteiger partial charge in [0.1, 0.15) is 0 Å². The van der Waals surface area contributed by atoms with E-state index in [0.29, 0.717) is 12.4 Å². The fourth-order valence-corrected chi connectivity index (χ4v) is 3.86. The molecule has 1 N–H and O–H groups in total. The summed E-state index contributed by atoms with van der Waals surface area (Å²) < 4.78 is 0.972. The zero-order valence-corrected chi connectivity index (χ0v) is 15.5. The Morgan fingerprint density at radius 1 is 1.24 bits per heavy atom. The van der Waals surface area contributed by atoms with E-state index in [9.17, 15) is 4.79 Å². The molecule has 0 bridgehead atoms. The van der Waals surface area contributed by atoms with E-state index < -0.39 is 0 Å². The first-order valence-corrected chi connectivity index (χ1v) is 9.46. The minimum Gasteiger partial charge on any atom is -0.305 e. The molecule has 0 saturated carbocycles. The molecule has 4 rings (SSSR count). The summed E-state index contributed by atoms with van der Waals surface area (Å²) in [6.45, 7) is 3.13. The molecule has 0 unspecified atom stereocenters. The van der Waals surface area contributed by atoms with Crippen molar-refractivity contribution in [3.05, 3.63) is 55.9 Å². The van der Waals surface area contributed by atoms with Crippen LogP contribution in [0.4, 0.5) is 0 Å². The maximum Gasteiger partial charge on any atom is 0.255 e. The number of fused-ring (bicyclic) bond motifs is 1. The summed E-state index contributed by atoms with van der Waals surface area (Å²) in [4.78, 5) is 31.3. The number of nitrogens with zero attached hydrogens (tertiary/aromatic N) is 4. The second kappa shape index (κ2) is 7.17. The number of rotatable bonds is 3. The first-order valence-electron chi connectivity index (χ1n) is 8.66. The van der Waals surface area contributed by atoms with E-state index >= 15 is 0 Å². The van der Waals surface area contributed by atoms with Crippen molar-refractivity contribution < 1.29 is 0 Å². The second-order valence-corrected chi connectivity index (χ2v) is 7.51. The van der Waals surface area contributed by atoms with Crippen LogP contribution in [-0.2, 0) is 19.5 Å². The number of nitrogens with one attached hydrogen (secondary N) is 1. The lowest BCUT2D eigenvalue weighted by Crippen LogP contribution is -2.36. The molecule has 6 nitrogen and oxygen atoms in total. The molecule has 0 amide bonds. The Bertz CT molecular complexity index is 876. The van der Waals surface area contributed by atoms with Gasteiger partial charge in [0.15, 0.2) is 5.82 Å². The molecule has 7 heteroatoms. The van der Waals surface area contributed by atoms with Gasteiger partial charge >= 0.3 is 0 Å². The van der Waals surface area contributed by atoms with Gasteiger partial charge in [-0.3, -0.25) is 19.7 Å². The van der Waals surface area contributed by atoms with Crippen LogP contribution in [0.25, 0.3) is 0 Å². The van der Waals surface area contributed by atoms with Crippen molar-refractivity contribution in [1.29, 1.82) is 0 Å². The first-order chi connectivity index (χ1) is 12.2. The molecule has 0 aromatic carbocycles. The van der Waals surface area contributed by atoms with Crippen LogP contribution in [0.3, 0.4) is 0 Å². The molecular formula is C18H20BrN5O. The Hall–Kier alpha value is -1.86. The van der Waals surface area contributed by atoms with E-state index in [1.54, 1.807) is 6.20 Å². The fourth-order valence-electron chi connectivity index (χ4n) is 3.44. The third-order valence-electron chi connectivity index (χ3n) is 4.71. The van der Waals surface area contributed by atoms with E-state index in [4.69, 9.17) is 4.98 Å². The van der Waals surface area contributed by atoms with Gasteiger partial charge in [-0.25, -0.2) is 4.98 Å². The molecule has 130 valence electrons. The van der Waals surface area contributed by atoms with Gasteiger partial charge in [-0.15, -0.1) is 0 Å². The Morgan fingerprint density at radius 3 is 2.96 bits per heavy atom. The summed E-state index contributed by atoms with van der Waals surface area (Å²) in [5.41, 5.74) is 3.78. The zero-order chi connectivity index (χ0) is 17.2. The summed E-state index contributed by atoms with van der Waals surface area (Å²) in [6.07, 6.45) is 7.59. The highest BCUT2D eigenvalue weighted by Crippen LogP contribution is 2.19. The predicted molar refractivity (Wildman–Crippen MR) is 99.9 cm³/mol. The highest BCUT2D eigenvalue weighted by molar-refractivity contribution is 9.10. The van der Waals surface area contributed by atoms with Gasteiger partial charge in [0.25, 0.3) is 5.56 Å². The molecule has 0 spiro atoms. The molecule has 0 atom stereocenters. The van der Waals surface area contributed by atoms with E-state index in [1.807, 2.05) is 6.20 Å². The maximum absolute atomic E-state index is 12.6. The van der Waals surface area contributed by atoms with Crippen molar-refractivity contribution in [2.45, 2.75) is 38.8 Å². The predicted octanol–water partition coefficient (Wildman–Crippen LogP) is 2.46. The molecule has 2 aromatic heterocycles. The van der Waals surface area contributed by atoms with Crippen LogP contribution in [-0.4, -0.2) is 38.7 Å². The third-order valence-corrected chi connectivity index (χ3v) is 5.15. The molecule has 0 aliphatic carbocycles. The van der Waals surface area contributed by atoms with Crippen LogP contribution < -0.4 is 5.56 Å². The van der Waals surface area contributed by atoms with Crippen molar-refractivity contribution in [2.75, 3.05) is 13.1 Å². The third kappa shape index (κ3) is 3.72. The normalized spacial score (nSPS) is 17.9. The van der Waals surface area contributed by atoms with E-state index in [-0.39, 0.29) is 5.56 Å². The summed E-state index contributed by atoms with van der Waals surface area (Å²) in [7, 11) is 0. The summed E-state index contributed by atoms with van der Waals surface area (Å²) in [5, 5.41) is 0. The summed E-state index contributed by atoms with van der Waals surface area (Å²) in [6, 6.07) is 2.06. The number of hydrogen-bond donors (Lipinski definition) is 1. The fraction of sp³-hybridized carbons (Fsp3) is 0.444. The summed E-state index contributed by atoms with van der Waals surface area (Å²) >= 11 is 3.45. The minimum atomic E-state index is -0.0228. The topological polar surface area (TPSA) is 74.2 Å². The molecule has 4 heterocycles. The van der Waals surface area contributed by atoms with Crippen molar-refractivity contribution in [3.63, 3.8) is 0 Å². The van der Waals surface area contributed by atoms with Crippen LogP contribution in [0.15, 0.2) is 32.7 Å². The number of aromatic nitrogens is 3. The number of aliphatic imine (C=N–C) groups is 1. The van der Waals surface area contributed by atoms with Crippen LogP contribution >= 0.6 is 15.9 Å². The Labute approximate surface area is 154 Å². The van der Waals surface area contributed by atoms with Gasteiger partial charge in [-0.2, -0.15) is 0 Å². The molecule has 2 aliphatic rings. The number of aromatic amines is 1. The molecular weight excluding hydrogens is 382 g/mol. The number of halogens is 1. The molecule has 0 saturated heterocycles. The Balaban J connectivity index is 1.55. The maximum atomic E-state index is 12.6. The molecule has 2 aromatic rings. The second-order valence-electron chi connectivity index (χ2n) is 6.60. The largest absolute Gasteiger partial charge is 0.305 e. The SMILES string of the molecule is O=c1[nH]c(C2=NCCCC2)nc2c1CN(Cc1cncc(Br)c1)CC2. The smallest absolute Gasteiger partial charge is 0.255 e. The summed E-state index contributed by atoms with van der Waals surface area (Å²) in [5.74, 6) is 0.674. The lowest BCUT2D eigenvalue weighted by atomic mass is 10.0. The highest BCUT2D eigenvalue weighted by Gasteiger charge is 2.22. The highest BCUT2D eigenvalue weighted by atomic mass is 79.9. The first kappa shape index (κ1) is 16.6. The zero-order valence-electron chi connectivity index (χ0n) is 14.0. The van der Waals surface area contributed by atoms with E-state index in [2.05, 4.69) is 41.9 Å². The van der Waals surface area contributed by atoms with Crippen LogP contribution in [0.2, 0.25) is 0 Å². The van der Waals surface area contributed by atoms with Crippen molar-refractivity contribution >= 4 is 21.6 Å². The van der Waals surface area contributed by atoms with Gasteiger partial charge in [0.05, 0.1) is 17.0 Å². The van der Waals surface area contributed by atoms with Crippen molar-refractivity contribution in [3.8, 4) is 0 Å². The molecule has 2 aliphatic heterocycles. The number of H-pyrrole nitrogens is 1. The van der Waals surface area contributed by atoms with Gasteiger partial charge in [0.2, 0.25) is 0 Å². The number of hydrogen-bond acceptors (Lipinski definition) is 5. The standard InChI is InChI=1S/C18H20BrN5O/c19-13-7-12(8-20-9-13)10-24-6-4-15-14(11-24)18(25)23-17(22-15)16-3-1-2-5-21-16/h7-9H,1-6,10-11H2,(H,22,23,25). The van der Waals surface area contributed by atoms with Crippen molar-refractivity contribution in [2.24, 2.45) is 4.99 Å². The van der Waals surface area contributed by atoms with Gasteiger partial charge in [-0.1, -0.05) is 0 Å². The molecule has 0 fully saturated rings. The van der Waals surface area contributed by atoms with Crippen molar-refractivity contribution in [1.82, 2.24) is 19.9 Å². The van der Waals surface area contributed by atoms with Gasteiger partial charge in [0, 0.05) is 49.5 Å². The van der Waals surface area contributed by atoms with E-state index in [1.165, 1.54) is 0 Å². The van der Waals surface area contributed by atoms with Crippen LogP contribution in [0.1, 0.15) is 41.9 Å². The van der Waals surface area contributed by atoms with Crippen LogP contribution in [0, 0.1) is 0 Å². The average Bonchev–Trinajstić information content (AvgIpc) is 2.63. The van der Waals surface area contributed by atoms with Gasteiger partial charge < -0.3 is 4.98 Å². The number of pyridine rings is 1. The Kier molecular flexibility index (Phi) is 4.76. The minimum absolute atomic E-state index is 0.0228. The lowest BCUT2D eigenvalue weighted by Gasteiger charge is -2.27. The monoisotopic (exact) mass is 401 g/mol. The lowest BCUT2D eigenvalue weighted by molar-refractivity contribution is 0.241. The average molecular weight is 402 g/mol. The Morgan fingerprint density at radius 2 is 2.16 bits per heavy atom. The van der Waals surface area contributed by atoms with Gasteiger partial charge in [-0.05, 0) is 46.8 Å².